The van der Waals surface area contributed by atoms with Gasteiger partial charge in [0.15, 0.2) is 0 Å². The molecule has 3 aromatic rings. The van der Waals surface area contributed by atoms with E-state index in [0.29, 0.717) is 40.8 Å². The minimum Gasteiger partial charge on any atom is -0.497 e. The normalized spacial score (nSPS) is 19.6. The molecule has 0 aromatic heterocycles. The second kappa shape index (κ2) is 9.99. The number of urea groups is 1. The van der Waals surface area contributed by atoms with E-state index in [0.717, 1.165) is 5.56 Å². The minimum absolute atomic E-state index is 0.0673. The highest BCUT2D eigenvalue weighted by Crippen LogP contribution is 2.44. The summed E-state index contributed by atoms with van der Waals surface area (Å²) in [6.45, 7) is 0.644. The van der Waals surface area contributed by atoms with Crippen molar-refractivity contribution in [3.63, 3.8) is 0 Å². The lowest BCUT2D eigenvalue weighted by molar-refractivity contribution is -0.123. The Morgan fingerprint density at radius 3 is 2.58 bits per heavy atom. The number of nitrogens with one attached hydrogen (secondary N) is 1. The van der Waals surface area contributed by atoms with Crippen molar-refractivity contribution in [2.24, 2.45) is 4.99 Å². The summed E-state index contributed by atoms with van der Waals surface area (Å²) in [4.78, 5) is 34.2. The first-order valence-corrected chi connectivity index (χ1v) is 11.9. The van der Waals surface area contributed by atoms with Crippen LogP contribution < -0.4 is 10.1 Å². The monoisotopic (exact) mass is 506 g/mol. The van der Waals surface area contributed by atoms with Gasteiger partial charge in [-0.3, -0.25) is 14.7 Å². The maximum atomic E-state index is 14.4. The summed E-state index contributed by atoms with van der Waals surface area (Å²) in [7, 11) is 1.57. The number of piperazine rings is 1. The molecule has 3 amide bonds. The molecule has 36 heavy (non-hydrogen) atoms. The van der Waals surface area contributed by atoms with Gasteiger partial charge in [0.05, 0.1) is 13.2 Å². The van der Waals surface area contributed by atoms with Gasteiger partial charge in [0, 0.05) is 23.7 Å². The molecule has 0 aliphatic carbocycles. The van der Waals surface area contributed by atoms with Crippen LogP contribution in [0.25, 0.3) is 0 Å². The predicted octanol–water partition coefficient (Wildman–Crippen LogP) is 4.58. The van der Waals surface area contributed by atoms with Crippen molar-refractivity contribution in [2.75, 3.05) is 26.7 Å². The molecule has 2 heterocycles. The number of nitrogens with zero attached hydrogens (tertiary/aromatic N) is 3. The fourth-order valence-corrected chi connectivity index (χ4v) is 4.74. The molecule has 1 N–H and O–H groups in total. The van der Waals surface area contributed by atoms with Crippen molar-refractivity contribution in [3.8, 4) is 5.75 Å². The maximum Gasteiger partial charge on any atom is 0.326 e. The van der Waals surface area contributed by atoms with Crippen LogP contribution in [0.2, 0.25) is 5.02 Å². The van der Waals surface area contributed by atoms with Crippen LogP contribution in [0.4, 0.5) is 9.18 Å². The number of rotatable bonds is 4. The van der Waals surface area contributed by atoms with Gasteiger partial charge in [-0.25, -0.2) is 9.18 Å². The first-order chi connectivity index (χ1) is 17.4. The van der Waals surface area contributed by atoms with Gasteiger partial charge in [-0.1, -0.05) is 48.0 Å². The summed E-state index contributed by atoms with van der Waals surface area (Å²) >= 11 is 6.14. The summed E-state index contributed by atoms with van der Waals surface area (Å²) in [5, 5.41) is 3.32. The van der Waals surface area contributed by atoms with Crippen LogP contribution >= 0.6 is 11.6 Å². The molecule has 1 saturated heterocycles. The van der Waals surface area contributed by atoms with E-state index in [4.69, 9.17) is 21.3 Å². The Kier molecular flexibility index (Phi) is 6.61. The highest BCUT2D eigenvalue weighted by Gasteiger charge is 2.44. The molecule has 0 bridgehead atoms. The number of ether oxygens (including phenoxy) is 1. The molecule has 2 aliphatic heterocycles. The number of amidine groups is 1. The Balaban J connectivity index is 1.68. The van der Waals surface area contributed by atoms with Crippen LogP contribution in [0, 0.1) is 5.82 Å². The van der Waals surface area contributed by atoms with Crippen LogP contribution in [0.5, 0.6) is 5.75 Å². The highest BCUT2D eigenvalue weighted by molar-refractivity contribution is 6.30. The molecule has 1 fully saturated rings. The lowest BCUT2D eigenvalue weighted by atomic mass is 9.93. The molecule has 2 atom stereocenters. The fourth-order valence-electron chi connectivity index (χ4n) is 4.62. The molecule has 5 rings (SSSR count). The molecule has 0 spiro atoms. The summed E-state index contributed by atoms with van der Waals surface area (Å²) in [5.41, 5.74) is 2.08. The Hall–Kier alpha value is -3.91. The average molecular weight is 507 g/mol. The van der Waals surface area contributed by atoms with Crippen molar-refractivity contribution in [1.29, 1.82) is 0 Å². The van der Waals surface area contributed by atoms with Crippen molar-refractivity contribution in [2.45, 2.75) is 12.1 Å². The highest BCUT2D eigenvalue weighted by atomic mass is 35.5. The average Bonchev–Trinajstić information content (AvgIpc) is 3.29. The number of methoxy groups -OCH3 is 1. The summed E-state index contributed by atoms with van der Waals surface area (Å²) in [6.07, 6.45) is 0. The second-order valence-corrected chi connectivity index (χ2v) is 9.04. The number of carbonyl (C=O) groups excluding carboxylic acids is 2. The Bertz CT molecular complexity index is 1330. The largest absolute Gasteiger partial charge is 0.497 e. The zero-order valence-corrected chi connectivity index (χ0v) is 20.3. The number of carbonyl (C=O) groups is 2. The lowest BCUT2D eigenvalue weighted by Gasteiger charge is -2.35. The number of amides is 3. The van der Waals surface area contributed by atoms with Gasteiger partial charge in [-0.2, -0.15) is 0 Å². The summed E-state index contributed by atoms with van der Waals surface area (Å²) in [5.74, 6) is 0.378. The molecule has 0 saturated carbocycles. The van der Waals surface area contributed by atoms with Crippen LogP contribution in [-0.4, -0.2) is 54.3 Å². The van der Waals surface area contributed by atoms with E-state index < -0.39 is 17.9 Å². The maximum absolute atomic E-state index is 14.4. The van der Waals surface area contributed by atoms with E-state index in [-0.39, 0.29) is 18.5 Å². The van der Waals surface area contributed by atoms with E-state index >= 15 is 0 Å². The van der Waals surface area contributed by atoms with Crippen molar-refractivity contribution < 1.29 is 18.7 Å². The third-order valence-corrected chi connectivity index (χ3v) is 6.56. The van der Waals surface area contributed by atoms with E-state index in [1.807, 2.05) is 24.3 Å². The van der Waals surface area contributed by atoms with Gasteiger partial charge in [-0.15, -0.1) is 0 Å². The smallest absolute Gasteiger partial charge is 0.326 e. The third kappa shape index (κ3) is 4.64. The molecule has 9 heteroatoms. The number of benzene rings is 3. The minimum atomic E-state index is -0.652. The van der Waals surface area contributed by atoms with E-state index in [2.05, 4.69) is 5.32 Å². The molecule has 184 valence electrons. The Morgan fingerprint density at radius 1 is 1.08 bits per heavy atom. The Morgan fingerprint density at radius 2 is 1.86 bits per heavy atom. The lowest BCUT2D eigenvalue weighted by Crippen LogP contribution is -2.55. The predicted molar refractivity (Wildman–Crippen MR) is 135 cm³/mol. The number of halogens is 2. The van der Waals surface area contributed by atoms with Crippen LogP contribution in [0.3, 0.4) is 0 Å². The molecule has 2 unspecified atom stereocenters. The van der Waals surface area contributed by atoms with Gasteiger partial charge >= 0.3 is 6.03 Å². The van der Waals surface area contributed by atoms with E-state index in [1.54, 1.807) is 48.4 Å². The first kappa shape index (κ1) is 23.8. The summed E-state index contributed by atoms with van der Waals surface area (Å²) < 4.78 is 19.8. The SMILES string of the molecule is COc1cccc(C2=NC(c3ccc(Cl)cc3)C(c3cccc(F)c3)N2C(=O)N2CCNC(=O)C2)c1. The van der Waals surface area contributed by atoms with Crippen LogP contribution in [0.15, 0.2) is 77.8 Å². The third-order valence-electron chi connectivity index (χ3n) is 6.31. The van der Waals surface area contributed by atoms with Gasteiger partial charge in [0.1, 0.15) is 30.0 Å². The van der Waals surface area contributed by atoms with Crippen molar-refractivity contribution in [3.05, 3.63) is 100 Å². The standard InChI is InChI=1S/C27H24ClFN4O3/c1-36-22-7-3-5-19(15-22)26-31-24(17-8-10-20(28)11-9-17)25(18-4-2-6-21(29)14-18)33(26)27(35)32-13-12-30-23(34)16-32/h2-11,14-15,24-25H,12-13,16H2,1H3,(H,30,34). The topological polar surface area (TPSA) is 74.2 Å². The Labute approximate surface area is 213 Å². The van der Waals surface area contributed by atoms with Crippen molar-refractivity contribution >= 4 is 29.4 Å². The van der Waals surface area contributed by atoms with Crippen molar-refractivity contribution in [1.82, 2.24) is 15.1 Å². The van der Waals surface area contributed by atoms with Gasteiger partial charge in [0.2, 0.25) is 5.91 Å². The number of hydrogen-bond acceptors (Lipinski definition) is 4. The van der Waals surface area contributed by atoms with E-state index in [9.17, 15) is 14.0 Å². The van der Waals surface area contributed by atoms with Gasteiger partial charge in [-0.05, 0) is 47.5 Å². The number of aliphatic imine (C=N–C) groups is 1. The summed E-state index contributed by atoms with van der Waals surface area (Å²) in [6, 6.07) is 19.1. The molecule has 0 radical (unpaired) electrons. The van der Waals surface area contributed by atoms with E-state index in [1.165, 1.54) is 17.0 Å². The zero-order chi connectivity index (χ0) is 25.2. The molecule has 3 aromatic carbocycles. The molecular formula is C27H24ClFN4O3. The van der Waals surface area contributed by atoms with Crippen LogP contribution in [0.1, 0.15) is 28.8 Å². The quantitative estimate of drug-likeness (QED) is 0.562. The zero-order valence-electron chi connectivity index (χ0n) is 19.5. The van der Waals surface area contributed by atoms with Crippen LogP contribution in [-0.2, 0) is 4.79 Å². The molecule has 7 nitrogen and oxygen atoms in total. The fraction of sp³-hybridized carbons (Fsp3) is 0.222. The second-order valence-electron chi connectivity index (χ2n) is 8.60. The first-order valence-electron chi connectivity index (χ1n) is 11.5. The number of hydrogen-bond donors (Lipinski definition) is 1. The van der Waals surface area contributed by atoms with Gasteiger partial charge < -0.3 is 15.0 Å². The molecule has 2 aliphatic rings. The molecular weight excluding hydrogens is 483 g/mol. The van der Waals surface area contributed by atoms with Gasteiger partial charge in [0.25, 0.3) is 0 Å².